The van der Waals surface area contributed by atoms with Crippen molar-refractivity contribution in [3.05, 3.63) is 12.5 Å². The van der Waals surface area contributed by atoms with Crippen LogP contribution >= 0.6 is 0 Å². The highest BCUT2D eigenvalue weighted by atomic mass is 32.2. The summed E-state index contributed by atoms with van der Waals surface area (Å²) in [6.45, 7) is 1.54. The summed E-state index contributed by atoms with van der Waals surface area (Å²) < 4.78 is 39.4. The third-order valence-corrected chi connectivity index (χ3v) is 6.21. The van der Waals surface area contributed by atoms with E-state index in [2.05, 4.69) is 4.98 Å². The van der Waals surface area contributed by atoms with Crippen molar-refractivity contribution >= 4 is 10.0 Å². The molecule has 1 aromatic heterocycles. The van der Waals surface area contributed by atoms with Gasteiger partial charge in [0.25, 0.3) is 10.0 Å². The predicted octanol–water partition coefficient (Wildman–Crippen LogP) is 0.379. The summed E-state index contributed by atoms with van der Waals surface area (Å²) in [4.78, 5) is 3.96. The number of piperidine rings is 1. The summed E-state index contributed by atoms with van der Waals surface area (Å²) in [7, 11) is -0.0453. The van der Waals surface area contributed by atoms with Crippen LogP contribution in [-0.4, -0.2) is 60.8 Å². The van der Waals surface area contributed by atoms with Crippen LogP contribution in [-0.2, 0) is 26.5 Å². The first-order valence-electron chi connectivity index (χ1n) is 7.10. The number of aryl methyl sites for hydroxylation is 1. The average molecular weight is 315 g/mol. The van der Waals surface area contributed by atoms with Crippen LogP contribution in [0.25, 0.3) is 0 Å². The van der Waals surface area contributed by atoms with Gasteiger partial charge in [-0.3, -0.25) is 0 Å². The molecule has 0 bridgehead atoms. The van der Waals surface area contributed by atoms with Gasteiger partial charge in [0.1, 0.15) is 0 Å². The monoisotopic (exact) mass is 315 g/mol. The molecule has 2 aliphatic heterocycles. The van der Waals surface area contributed by atoms with Crippen LogP contribution in [0.2, 0.25) is 0 Å². The van der Waals surface area contributed by atoms with E-state index >= 15 is 0 Å². The SMILES string of the molecule is COC1COC2(CCN(S(=O)(=O)c3cn(C)cn3)CC2)C1. The van der Waals surface area contributed by atoms with E-state index < -0.39 is 10.0 Å². The largest absolute Gasteiger partial charge is 0.379 e. The maximum absolute atomic E-state index is 12.5. The molecule has 3 rings (SSSR count). The lowest BCUT2D eigenvalue weighted by atomic mass is 9.89. The molecule has 0 saturated carbocycles. The van der Waals surface area contributed by atoms with Crippen LogP contribution in [0.3, 0.4) is 0 Å². The Labute approximate surface area is 124 Å². The summed E-state index contributed by atoms with van der Waals surface area (Å²) in [5.74, 6) is 0. The van der Waals surface area contributed by atoms with Gasteiger partial charge in [0.2, 0.25) is 0 Å². The second-order valence-corrected chi connectivity index (χ2v) is 7.72. The molecule has 8 heteroatoms. The number of nitrogens with zero attached hydrogens (tertiary/aromatic N) is 3. The minimum absolute atomic E-state index is 0.114. The fourth-order valence-corrected chi connectivity index (χ4v) is 4.50. The lowest BCUT2D eigenvalue weighted by Crippen LogP contribution is -2.46. The van der Waals surface area contributed by atoms with E-state index in [1.807, 2.05) is 0 Å². The number of methoxy groups -OCH3 is 1. The molecule has 0 amide bonds. The third-order valence-electron chi connectivity index (χ3n) is 4.43. The standard InChI is InChI=1S/C13H21N3O4S/c1-15-8-12(14-10-15)21(17,18)16-5-3-13(4-6-16)7-11(19-2)9-20-13/h8,10-11H,3-7,9H2,1-2H3. The number of sulfonamides is 1. The Bertz CT molecular complexity index is 605. The van der Waals surface area contributed by atoms with E-state index in [9.17, 15) is 8.42 Å². The molecular weight excluding hydrogens is 294 g/mol. The van der Waals surface area contributed by atoms with E-state index in [1.54, 1.807) is 18.7 Å². The first-order valence-corrected chi connectivity index (χ1v) is 8.54. The molecule has 2 aliphatic rings. The summed E-state index contributed by atoms with van der Waals surface area (Å²) in [5.41, 5.74) is -0.211. The van der Waals surface area contributed by atoms with Crippen LogP contribution in [0, 0.1) is 0 Å². The van der Waals surface area contributed by atoms with Crippen molar-refractivity contribution in [1.29, 1.82) is 0 Å². The number of aromatic nitrogens is 2. The van der Waals surface area contributed by atoms with Crippen LogP contribution in [0.4, 0.5) is 0 Å². The van der Waals surface area contributed by atoms with E-state index in [0.717, 1.165) is 6.42 Å². The molecule has 0 radical (unpaired) electrons. The molecule has 7 nitrogen and oxygen atoms in total. The van der Waals surface area contributed by atoms with E-state index in [1.165, 1.54) is 16.8 Å². The number of ether oxygens (including phenoxy) is 2. The molecule has 1 unspecified atom stereocenters. The summed E-state index contributed by atoms with van der Waals surface area (Å²) in [6.07, 6.45) is 5.43. The summed E-state index contributed by atoms with van der Waals surface area (Å²) in [6, 6.07) is 0. The normalized spacial score (nSPS) is 26.5. The minimum atomic E-state index is -3.49. The van der Waals surface area contributed by atoms with E-state index in [-0.39, 0.29) is 16.7 Å². The fraction of sp³-hybridized carbons (Fsp3) is 0.769. The highest BCUT2D eigenvalue weighted by Crippen LogP contribution is 2.37. The highest BCUT2D eigenvalue weighted by Gasteiger charge is 2.45. The average Bonchev–Trinajstić information content (AvgIpc) is 3.07. The molecule has 118 valence electrons. The van der Waals surface area contributed by atoms with Gasteiger partial charge >= 0.3 is 0 Å². The second-order valence-electron chi connectivity index (χ2n) is 5.84. The van der Waals surface area contributed by atoms with Crippen LogP contribution in [0.5, 0.6) is 0 Å². The topological polar surface area (TPSA) is 73.7 Å². The lowest BCUT2D eigenvalue weighted by molar-refractivity contribution is -0.0328. The number of hydrogen-bond donors (Lipinski definition) is 0. The minimum Gasteiger partial charge on any atom is -0.379 e. The van der Waals surface area contributed by atoms with Crippen molar-refractivity contribution in [1.82, 2.24) is 13.9 Å². The van der Waals surface area contributed by atoms with Gasteiger partial charge in [0.05, 0.1) is 24.6 Å². The van der Waals surface area contributed by atoms with Gasteiger partial charge in [-0.05, 0) is 12.8 Å². The van der Waals surface area contributed by atoms with Crippen molar-refractivity contribution in [3.63, 3.8) is 0 Å². The van der Waals surface area contributed by atoms with E-state index in [0.29, 0.717) is 32.5 Å². The maximum Gasteiger partial charge on any atom is 0.262 e. The quantitative estimate of drug-likeness (QED) is 0.806. The van der Waals surface area contributed by atoms with Gasteiger partial charge in [-0.1, -0.05) is 0 Å². The Balaban J connectivity index is 1.69. The highest BCUT2D eigenvalue weighted by molar-refractivity contribution is 7.89. The van der Waals surface area contributed by atoms with E-state index in [4.69, 9.17) is 9.47 Å². The number of rotatable bonds is 3. The zero-order chi connectivity index (χ0) is 15.1. The molecule has 0 aromatic carbocycles. The molecule has 0 aliphatic carbocycles. The van der Waals surface area contributed by atoms with Crippen LogP contribution in [0.1, 0.15) is 19.3 Å². The Morgan fingerprint density at radius 2 is 2.14 bits per heavy atom. The Hall–Kier alpha value is -0.960. The van der Waals surface area contributed by atoms with Crippen molar-refractivity contribution in [2.45, 2.75) is 36.0 Å². The predicted molar refractivity (Wildman–Crippen MR) is 75.3 cm³/mol. The molecule has 0 N–H and O–H groups in total. The number of hydrogen-bond acceptors (Lipinski definition) is 5. The molecule has 3 heterocycles. The number of imidazole rings is 1. The molecule has 1 atom stereocenters. The molecule has 1 spiro atoms. The molecular formula is C13H21N3O4S. The van der Waals surface area contributed by atoms with Gasteiger partial charge in [-0.2, -0.15) is 4.31 Å². The lowest BCUT2D eigenvalue weighted by Gasteiger charge is -2.37. The van der Waals surface area contributed by atoms with Gasteiger partial charge in [0.15, 0.2) is 5.03 Å². The van der Waals surface area contributed by atoms with Gasteiger partial charge in [-0.15, -0.1) is 0 Å². The molecule has 2 fully saturated rings. The Morgan fingerprint density at radius 3 is 2.67 bits per heavy atom. The summed E-state index contributed by atoms with van der Waals surface area (Å²) in [5, 5.41) is 0.114. The second kappa shape index (κ2) is 5.35. The zero-order valence-electron chi connectivity index (χ0n) is 12.4. The van der Waals surface area contributed by atoms with Crippen molar-refractivity contribution in [2.75, 3.05) is 26.8 Å². The van der Waals surface area contributed by atoms with Gasteiger partial charge in [-0.25, -0.2) is 13.4 Å². The molecule has 21 heavy (non-hydrogen) atoms. The molecule has 1 aromatic rings. The van der Waals surface area contributed by atoms with Crippen molar-refractivity contribution in [3.8, 4) is 0 Å². The summed E-state index contributed by atoms with van der Waals surface area (Å²) >= 11 is 0. The third kappa shape index (κ3) is 2.73. The van der Waals surface area contributed by atoms with Crippen molar-refractivity contribution in [2.24, 2.45) is 7.05 Å². The Morgan fingerprint density at radius 1 is 1.43 bits per heavy atom. The fourth-order valence-electron chi connectivity index (χ4n) is 3.09. The van der Waals surface area contributed by atoms with Gasteiger partial charge in [0, 0.05) is 39.9 Å². The van der Waals surface area contributed by atoms with Crippen molar-refractivity contribution < 1.29 is 17.9 Å². The zero-order valence-corrected chi connectivity index (χ0v) is 13.2. The van der Waals surface area contributed by atoms with Crippen LogP contribution < -0.4 is 0 Å². The maximum atomic E-state index is 12.5. The first-order chi connectivity index (χ1) is 9.95. The van der Waals surface area contributed by atoms with Crippen LogP contribution in [0.15, 0.2) is 17.6 Å². The Kier molecular flexibility index (Phi) is 3.81. The smallest absolute Gasteiger partial charge is 0.262 e. The molecule has 2 saturated heterocycles. The van der Waals surface area contributed by atoms with Gasteiger partial charge < -0.3 is 14.0 Å². The first kappa shape index (κ1) is 15.0.